The van der Waals surface area contributed by atoms with Crippen LogP contribution < -0.4 is 0 Å². The summed E-state index contributed by atoms with van der Waals surface area (Å²) < 4.78 is 26.5. The summed E-state index contributed by atoms with van der Waals surface area (Å²) in [6, 6.07) is 0. The van der Waals surface area contributed by atoms with Crippen LogP contribution in [0.3, 0.4) is 0 Å². The Morgan fingerprint density at radius 3 is 2.15 bits per heavy atom. The molecule has 13 heavy (non-hydrogen) atoms. The molecule has 1 aliphatic carbocycles. The predicted octanol–water partition coefficient (Wildman–Crippen LogP) is 3.18. The zero-order valence-electron chi connectivity index (χ0n) is 7.77. The van der Waals surface area contributed by atoms with Crippen molar-refractivity contribution in [3.05, 3.63) is 0 Å². The van der Waals surface area contributed by atoms with E-state index in [1.807, 2.05) is 0 Å². The molecule has 0 bridgehead atoms. The van der Waals surface area contributed by atoms with Crippen LogP contribution in [0.25, 0.3) is 0 Å². The second kappa shape index (κ2) is 4.68. The summed E-state index contributed by atoms with van der Waals surface area (Å²) in [5.41, 5.74) is 0. The third-order valence-electron chi connectivity index (χ3n) is 2.81. The number of hydrogen-bond acceptors (Lipinski definition) is 1. The van der Waals surface area contributed by atoms with Crippen LogP contribution >= 0.6 is 0 Å². The smallest absolute Gasteiger partial charge is 0.257 e. The first-order valence-corrected chi connectivity index (χ1v) is 4.98. The lowest BCUT2D eigenvalue weighted by Gasteiger charge is -2.23. The summed E-state index contributed by atoms with van der Waals surface area (Å²) in [5, 5.41) is 0. The monoisotopic (exact) mass is 190 g/mol. The average molecular weight is 190 g/mol. The minimum Gasteiger partial charge on any atom is -0.303 e. The van der Waals surface area contributed by atoms with E-state index >= 15 is 0 Å². The van der Waals surface area contributed by atoms with Crippen molar-refractivity contribution in [3.8, 4) is 0 Å². The first-order chi connectivity index (χ1) is 6.17. The molecule has 0 aromatic heterocycles. The van der Waals surface area contributed by atoms with Crippen LogP contribution in [0, 0.1) is 5.92 Å². The van der Waals surface area contributed by atoms with E-state index in [1.165, 1.54) is 0 Å². The van der Waals surface area contributed by atoms with Crippen molar-refractivity contribution in [1.82, 2.24) is 0 Å². The maximum absolute atomic E-state index is 13.3. The van der Waals surface area contributed by atoms with Gasteiger partial charge in [0.15, 0.2) is 0 Å². The quantitative estimate of drug-likeness (QED) is 0.493. The lowest BCUT2D eigenvalue weighted by molar-refractivity contribution is -0.120. The molecule has 0 radical (unpaired) electrons. The second-order valence-electron chi connectivity index (χ2n) is 3.82. The topological polar surface area (TPSA) is 17.1 Å². The molecule has 0 aromatic carbocycles. The molecule has 0 unspecified atom stereocenters. The van der Waals surface area contributed by atoms with Crippen molar-refractivity contribution in [2.24, 2.45) is 5.92 Å². The Labute approximate surface area is 77.5 Å². The van der Waals surface area contributed by atoms with E-state index in [2.05, 4.69) is 0 Å². The van der Waals surface area contributed by atoms with Gasteiger partial charge in [0.25, 0.3) is 5.92 Å². The molecule has 1 fully saturated rings. The Balaban J connectivity index is 2.50. The first kappa shape index (κ1) is 10.6. The van der Waals surface area contributed by atoms with Crippen LogP contribution in [0.1, 0.15) is 44.9 Å². The number of alkyl halides is 2. The molecule has 0 heterocycles. The fraction of sp³-hybridized carbons (Fsp3) is 0.900. The molecule has 0 aliphatic heterocycles. The molecule has 1 rings (SSSR count). The molecular formula is C10H16F2O. The van der Waals surface area contributed by atoms with Crippen LogP contribution in [0.4, 0.5) is 8.78 Å². The van der Waals surface area contributed by atoms with Gasteiger partial charge in [-0.15, -0.1) is 0 Å². The Hall–Kier alpha value is -0.470. The highest BCUT2D eigenvalue weighted by Gasteiger charge is 2.38. The third kappa shape index (κ3) is 3.05. The summed E-state index contributed by atoms with van der Waals surface area (Å²) in [4.78, 5) is 10.1. The number of carbonyl (C=O) groups is 1. The number of hydrogen-bond donors (Lipinski definition) is 0. The Bertz CT molecular complexity index is 160. The zero-order chi connectivity index (χ0) is 9.73. The van der Waals surface area contributed by atoms with Crippen LogP contribution in [-0.4, -0.2) is 12.2 Å². The SMILES string of the molecule is O=CCC(F)(F)C1CCCCCC1. The molecule has 1 saturated carbocycles. The molecule has 1 nitrogen and oxygen atoms in total. The van der Waals surface area contributed by atoms with Gasteiger partial charge in [-0.2, -0.15) is 0 Å². The van der Waals surface area contributed by atoms with Gasteiger partial charge in [-0.3, -0.25) is 0 Å². The minimum atomic E-state index is -2.76. The molecule has 1 aliphatic rings. The van der Waals surface area contributed by atoms with Crippen molar-refractivity contribution < 1.29 is 13.6 Å². The second-order valence-corrected chi connectivity index (χ2v) is 3.82. The van der Waals surface area contributed by atoms with Crippen molar-refractivity contribution in [3.63, 3.8) is 0 Å². The largest absolute Gasteiger partial charge is 0.303 e. The summed E-state index contributed by atoms with van der Waals surface area (Å²) in [7, 11) is 0. The van der Waals surface area contributed by atoms with Gasteiger partial charge in [-0.25, -0.2) is 8.78 Å². The van der Waals surface area contributed by atoms with Gasteiger partial charge in [-0.1, -0.05) is 25.7 Å². The molecule has 0 aromatic rings. The Morgan fingerprint density at radius 2 is 1.69 bits per heavy atom. The summed E-state index contributed by atoms with van der Waals surface area (Å²) in [6.07, 6.45) is 4.81. The average Bonchev–Trinajstić information content (AvgIpc) is 2.31. The lowest BCUT2D eigenvalue weighted by atomic mass is 9.91. The Kier molecular flexibility index (Phi) is 3.82. The van der Waals surface area contributed by atoms with Gasteiger partial charge < -0.3 is 4.79 Å². The molecule has 0 saturated heterocycles. The maximum atomic E-state index is 13.3. The summed E-state index contributed by atoms with van der Waals surface area (Å²) in [5.74, 6) is -3.31. The number of rotatable bonds is 3. The van der Waals surface area contributed by atoms with Crippen molar-refractivity contribution in [2.75, 3.05) is 0 Å². The van der Waals surface area contributed by atoms with Gasteiger partial charge in [-0.05, 0) is 12.8 Å². The number of aldehydes is 1. The molecule has 76 valence electrons. The standard InChI is InChI=1S/C10H16F2O/c11-10(12,7-8-13)9-5-3-1-2-4-6-9/h8-9H,1-7H2. The van der Waals surface area contributed by atoms with Crippen molar-refractivity contribution in [1.29, 1.82) is 0 Å². The molecular weight excluding hydrogens is 174 g/mol. The summed E-state index contributed by atoms with van der Waals surface area (Å²) in [6.45, 7) is 0. The van der Waals surface area contributed by atoms with E-state index < -0.39 is 18.3 Å². The van der Waals surface area contributed by atoms with Crippen molar-refractivity contribution in [2.45, 2.75) is 50.9 Å². The predicted molar refractivity (Wildman–Crippen MR) is 46.8 cm³/mol. The van der Waals surface area contributed by atoms with E-state index in [-0.39, 0.29) is 0 Å². The van der Waals surface area contributed by atoms with E-state index in [4.69, 9.17) is 0 Å². The van der Waals surface area contributed by atoms with Gasteiger partial charge >= 0.3 is 0 Å². The van der Waals surface area contributed by atoms with Gasteiger partial charge in [0.05, 0.1) is 6.42 Å². The van der Waals surface area contributed by atoms with E-state index in [0.29, 0.717) is 19.1 Å². The van der Waals surface area contributed by atoms with Crippen LogP contribution in [-0.2, 0) is 4.79 Å². The van der Waals surface area contributed by atoms with E-state index in [1.54, 1.807) is 0 Å². The molecule has 0 N–H and O–H groups in total. The highest BCUT2D eigenvalue weighted by atomic mass is 19.3. The van der Waals surface area contributed by atoms with Crippen LogP contribution in [0.15, 0.2) is 0 Å². The molecule has 0 spiro atoms. The first-order valence-electron chi connectivity index (χ1n) is 4.98. The van der Waals surface area contributed by atoms with Gasteiger partial charge in [0.1, 0.15) is 6.29 Å². The van der Waals surface area contributed by atoms with E-state index in [9.17, 15) is 13.6 Å². The van der Waals surface area contributed by atoms with Gasteiger partial charge in [0.2, 0.25) is 0 Å². The van der Waals surface area contributed by atoms with Crippen LogP contribution in [0.5, 0.6) is 0 Å². The van der Waals surface area contributed by atoms with Crippen molar-refractivity contribution >= 4 is 6.29 Å². The Morgan fingerprint density at radius 1 is 1.15 bits per heavy atom. The van der Waals surface area contributed by atoms with Gasteiger partial charge in [0, 0.05) is 5.92 Å². The maximum Gasteiger partial charge on any atom is 0.257 e. The number of halogens is 2. The fourth-order valence-corrected chi connectivity index (χ4v) is 1.98. The molecule has 0 atom stereocenters. The summed E-state index contributed by atoms with van der Waals surface area (Å²) >= 11 is 0. The minimum absolute atomic E-state index is 0.338. The number of carbonyl (C=O) groups excluding carboxylic acids is 1. The highest BCUT2D eigenvalue weighted by Crippen LogP contribution is 2.37. The zero-order valence-corrected chi connectivity index (χ0v) is 7.77. The third-order valence-corrected chi connectivity index (χ3v) is 2.81. The highest BCUT2D eigenvalue weighted by molar-refractivity contribution is 5.50. The fourth-order valence-electron chi connectivity index (χ4n) is 1.98. The molecule has 3 heteroatoms. The molecule has 0 amide bonds. The van der Waals surface area contributed by atoms with Crippen LogP contribution in [0.2, 0.25) is 0 Å². The lowest BCUT2D eigenvalue weighted by Crippen LogP contribution is -2.28. The normalized spacial score (nSPS) is 21.1. The van der Waals surface area contributed by atoms with E-state index in [0.717, 1.165) is 25.7 Å².